The Bertz CT molecular complexity index is 765. The Morgan fingerprint density at radius 1 is 1.22 bits per heavy atom. The highest BCUT2D eigenvalue weighted by Crippen LogP contribution is 2.48. The van der Waals surface area contributed by atoms with Crippen LogP contribution in [0.1, 0.15) is 42.5 Å². The Kier molecular flexibility index (Phi) is 5.07. The van der Waals surface area contributed by atoms with Gasteiger partial charge in [0.15, 0.2) is 11.5 Å². The van der Waals surface area contributed by atoms with Crippen molar-refractivity contribution in [2.45, 2.75) is 44.0 Å². The molecule has 3 rings (SSSR count). The van der Waals surface area contributed by atoms with Gasteiger partial charge in [0, 0.05) is 11.3 Å². The van der Waals surface area contributed by atoms with Gasteiger partial charge in [0.05, 0.1) is 20.1 Å². The molecule has 1 aliphatic heterocycles. The van der Waals surface area contributed by atoms with E-state index in [1.807, 2.05) is 0 Å². The van der Waals surface area contributed by atoms with Crippen LogP contribution in [-0.2, 0) is 0 Å². The van der Waals surface area contributed by atoms with Gasteiger partial charge in [0.1, 0.15) is 0 Å². The molecule has 2 atom stereocenters. The molecule has 1 fully saturated rings. The van der Waals surface area contributed by atoms with Crippen LogP contribution in [0, 0.1) is 5.92 Å². The minimum absolute atomic E-state index is 0.0869. The molecule has 0 radical (unpaired) electrons. The average Bonchev–Trinajstić information content (AvgIpc) is 2.79. The zero-order valence-electron chi connectivity index (χ0n) is 15.0. The Labute approximate surface area is 154 Å². The molecule has 1 saturated carbocycles. The van der Waals surface area contributed by atoms with E-state index in [-0.39, 0.29) is 28.5 Å². The molecule has 148 valence electrons. The SMILES string of the molecule is COc1ccc(C(=O)N2N=C3CCCCC[C@H]3[C@]2(O)C(F)(F)F)cc1OC. The molecular weight excluding hydrogens is 365 g/mol. The number of hydrogen-bond donors (Lipinski definition) is 1. The largest absolute Gasteiger partial charge is 0.493 e. The third-order valence-corrected chi connectivity index (χ3v) is 5.11. The lowest BCUT2D eigenvalue weighted by molar-refractivity contribution is -0.312. The zero-order chi connectivity index (χ0) is 19.8. The molecule has 1 heterocycles. The summed E-state index contributed by atoms with van der Waals surface area (Å²) in [5.74, 6) is -1.77. The van der Waals surface area contributed by atoms with Crippen LogP contribution in [0.3, 0.4) is 0 Å². The van der Waals surface area contributed by atoms with E-state index < -0.39 is 23.7 Å². The van der Waals surface area contributed by atoms with Crippen LogP contribution in [0.4, 0.5) is 13.2 Å². The third-order valence-electron chi connectivity index (χ3n) is 5.11. The van der Waals surface area contributed by atoms with Gasteiger partial charge in [-0.2, -0.15) is 23.3 Å². The van der Waals surface area contributed by atoms with Crippen LogP contribution in [0.5, 0.6) is 11.5 Å². The van der Waals surface area contributed by atoms with Crippen LogP contribution >= 0.6 is 0 Å². The molecule has 0 saturated heterocycles. The first kappa shape index (κ1) is 19.5. The third kappa shape index (κ3) is 3.13. The summed E-state index contributed by atoms with van der Waals surface area (Å²) in [6.45, 7) is 0. The first-order valence-corrected chi connectivity index (χ1v) is 8.67. The molecule has 0 unspecified atom stereocenters. The molecule has 1 aliphatic carbocycles. The van der Waals surface area contributed by atoms with E-state index in [4.69, 9.17) is 9.47 Å². The number of hydrazone groups is 1. The van der Waals surface area contributed by atoms with Crippen molar-refractivity contribution < 1.29 is 32.5 Å². The summed E-state index contributed by atoms with van der Waals surface area (Å²) in [4.78, 5) is 12.9. The number of carbonyl (C=O) groups is 1. The quantitative estimate of drug-likeness (QED) is 0.865. The first-order valence-electron chi connectivity index (χ1n) is 8.67. The van der Waals surface area contributed by atoms with Crippen molar-refractivity contribution in [3.63, 3.8) is 0 Å². The van der Waals surface area contributed by atoms with Crippen molar-refractivity contribution in [1.29, 1.82) is 0 Å². The number of benzene rings is 1. The van der Waals surface area contributed by atoms with Crippen molar-refractivity contribution in [2.75, 3.05) is 14.2 Å². The summed E-state index contributed by atoms with van der Waals surface area (Å²) in [6.07, 6.45) is -2.59. The molecule has 1 N–H and O–H groups in total. The van der Waals surface area contributed by atoms with Gasteiger partial charge in [-0.05, 0) is 37.5 Å². The average molecular weight is 386 g/mol. The maximum Gasteiger partial charge on any atom is 0.439 e. The smallest absolute Gasteiger partial charge is 0.439 e. The molecule has 1 aromatic carbocycles. The summed E-state index contributed by atoms with van der Waals surface area (Å²) in [5.41, 5.74) is -3.21. The summed E-state index contributed by atoms with van der Waals surface area (Å²) in [5, 5.41) is 14.8. The molecule has 2 aliphatic rings. The number of alkyl halides is 3. The minimum Gasteiger partial charge on any atom is -0.493 e. The van der Waals surface area contributed by atoms with E-state index >= 15 is 0 Å². The van der Waals surface area contributed by atoms with Gasteiger partial charge >= 0.3 is 6.18 Å². The minimum atomic E-state index is -5.04. The van der Waals surface area contributed by atoms with Crippen molar-refractivity contribution in [3.05, 3.63) is 23.8 Å². The molecule has 9 heteroatoms. The predicted molar refractivity (Wildman–Crippen MR) is 90.7 cm³/mol. The summed E-state index contributed by atoms with van der Waals surface area (Å²) in [6, 6.07) is 4.00. The maximum atomic E-state index is 13.9. The van der Waals surface area contributed by atoms with Crippen molar-refractivity contribution >= 4 is 11.6 Å². The lowest BCUT2D eigenvalue weighted by Gasteiger charge is -2.37. The number of amides is 1. The molecule has 0 aromatic heterocycles. The number of halogens is 3. The predicted octanol–water partition coefficient (Wildman–Crippen LogP) is 3.35. The molecule has 27 heavy (non-hydrogen) atoms. The van der Waals surface area contributed by atoms with Crippen LogP contribution in [0.2, 0.25) is 0 Å². The van der Waals surface area contributed by atoms with Crippen LogP contribution in [0.15, 0.2) is 23.3 Å². The highest BCUT2D eigenvalue weighted by atomic mass is 19.4. The van der Waals surface area contributed by atoms with Gasteiger partial charge in [0.25, 0.3) is 11.6 Å². The number of carbonyl (C=O) groups excluding carboxylic acids is 1. The van der Waals surface area contributed by atoms with E-state index in [1.165, 1.54) is 32.4 Å². The van der Waals surface area contributed by atoms with Crippen LogP contribution < -0.4 is 9.47 Å². The fraction of sp³-hybridized carbons (Fsp3) is 0.556. The van der Waals surface area contributed by atoms with E-state index in [2.05, 4.69) is 5.10 Å². The monoisotopic (exact) mass is 386 g/mol. The molecule has 1 aromatic rings. The van der Waals surface area contributed by atoms with E-state index in [0.29, 0.717) is 25.0 Å². The summed E-state index contributed by atoms with van der Waals surface area (Å²) in [7, 11) is 2.76. The van der Waals surface area contributed by atoms with E-state index in [1.54, 1.807) is 0 Å². The second-order valence-electron chi connectivity index (χ2n) is 6.65. The normalized spacial score (nSPS) is 25.5. The van der Waals surface area contributed by atoms with Crippen molar-refractivity contribution in [3.8, 4) is 11.5 Å². The topological polar surface area (TPSA) is 71.4 Å². The van der Waals surface area contributed by atoms with E-state index in [0.717, 1.165) is 6.42 Å². The van der Waals surface area contributed by atoms with Crippen molar-refractivity contribution in [2.24, 2.45) is 11.0 Å². The molecule has 0 spiro atoms. The van der Waals surface area contributed by atoms with Gasteiger partial charge in [-0.1, -0.05) is 12.8 Å². The molecule has 6 nitrogen and oxygen atoms in total. The first-order chi connectivity index (χ1) is 12.7. The van der Waals surface area contributed by atoms with Crippen LogP contribution in [-0.4, -0.2) is 47.9 Å². The molecular formula is C18H21F3N2O4. The van der Waals surface area contributed by atoms with Crippen molar-refractivity contribution in [1.82, 2.24) is 5.01 Å². The van der Waals surface area contributed by atoms with Gasteiger partial charge in [-0.25, -0.2) is 0 Å². The lowest BCUT2D eigenvalue weighted by Crippen LogP contribution is -2.61. The number of hydrogen-bond acceptors (Lipinski definition) is 5. The Balaban J connectivity index is 2.04. The van der Waals surface area contributed by atoms with Gasteiger partial charge in [-0.3, -0.25) is 4.79 Å². The second-order valence-corrected chi connectivity index (χ2v) is 6.65. The highest BCUT2D eigenvalue weighted by Gasteiger charge is 2.68. The number of methoxy groups -OCH3 is 2. The molecule has 0 bridgehead atoms. The maximum absolute atomic E-state index is 13.9. The number of fused-ring (bicyclic) bond motifs is 1. The standard InChI is InChI=1S/C18H21F3N2O4/c1-26-14-9-8-11(10-15(14)27-2)16(24)23-17(25,18(19,20)21)12-6-4-3-5-7-13(12)22-23/h8-10,12,25H,3-7H2,1-2H3/t12-,17+/m1/s1. The number of rotatable bonds is 3. The number of aliphatic hydroxyl groups is 1. The number of ether oxygens (including phenoxy) is 2. The zero-order valence-corrected chi connectivity index (χ0v) is 15.0. The fourth-order valence-electron chi connectivity index (χ4n) is 3.69. The Hall–Kier alpha value is -2.29. The highest BCUT2D eigenvalue weighted by molar-refractivity contribution is 5.99. The lowest BCUT2D eigenvalue weighted by atomic mass is 9.87. The Morgan fingerprint density at radius 3 is 2.56 bits per heavy atom. The molecule has 1 amide bonds. The fourth-order valence-corrected chi connectivity index (χ4v) is 3.69. The Morgan fingerprint density at radius 2 is 1.93 bits per heavy atom. The summed E-state index contributed by atoms with van der Waals surface area (Å²) >= 11 is 0. The summed E-state index contributed by atoms with van der Waals surface area (Å²) < 4.78 is 51.8. The van der Waals surface area contributed by atoms with Crippen LogP contribution in [0.25, 0.3) is 0 Å². The van der Waals surface area contributed by atoms with Gasteiger partial charge in [-0.15, -0.1) is 0 Å². The van der Waals surface area contributed by atoms with Gasteiger partial charge < -0.3 is 14.6 Å². The second kappa shape index (κ2) is 7.03. The van der Waals surface area contributed by atoms with Gasteiger partial charge in [0.2, 0.25) is 0 Å². The van der Waals surface area contributed by atoms with E-state index in [9.17, 15) is 23.1 Å². The number of nitrogens with zero attached hydrogens (tertiary/aromatic N) is 2.